The number of aromatic nitrogens is 1. The summed E-state index contributed by atoms with van der Waals surface area (Å²) in [5.74, 6) is -0.954. The molecule has 0 radical (unpaired) electrons. The topological polar surface area (TPSA) is 62.3 Å². The quantitative estimate of drug-likeness (QED) is 0.829. The molecule has 0 aliphatic heterocycles. The molecule has 1 N–H and O–H groups in total. The second-order valence-corrected chi connectivity index (χ2v) is 6.50. The number of nitrogens with zero attached hydrogens (tertiary/aromatic N) is 2. The fourth-order valence-electron chi connectivity index (χ4n) is 2.50. The molecular formula is C20H24FN3O2. The molecule has 5 nitrogen and oxygen atoms in total. The van der Waals surface area contributed by atoms with Crippen molar-refractivity contribution in [2.24, 2.45) is 5.92 Å². The van der Waals surface area contributed by atoms with Gasteiger partial charge in [0.25, 0.3) is 0 Å². The van der Waals surface area contributed by atoms with E-state index in [1.165, 1.54) is 17.0 Å². The Kier molecular flexibility index (Phi) is 6.83. The molecule has 0 spiro atoms. The van der Waals surface area contributed by atoms with E-state index in [-0.39, 0.29) is 30.1 Å². The van der Waals surface area contributed by atoms with Crippen LogP contribution in [0.1, 0.15) is 31.9 Å². The highest BCUT2D eigenvalue weighted by Crippen LogP contribution is 2.14. The lowest BCUT2D eigenvalue weighted by Crippen LogP contribution is -2.48. The maximum atomic E-state index is 13.1. The predicted molar refractivity (Wildman–Crippen MR) is 97.3 cm³/mol. The predicted octanol–water partition coefficient (Wildman–Crippen LogP) is 2.91. The van der Waals surface area contributed by atoms with E-state index in [1.54, 1.807) is 51.4 Å². The molecule has 0 aliphatic carbocycles. The van der Waals surface area contributed by atoms with Crippen molar-refractivity contribution in [1.29, 1.82) is 0 Å². The van der Waals surface area contributed by atoms with E-state index in [9.17, 15) is 14.0 Å². The van der Waals surface area contributed by atoms with E-state index in [0.29, 0.717) is 6.54 Å². The first kappa shape index (κ1) is 19.6. The molecule has 1 aromatic heterocycles. The maximum Gasteiger partial charge on any atom is 0.242 e. The Morgan fingerprint density at radius 1 is 1.12 bits per heavy atom. The second-order valence-electron chi connectivity index (χ2n) is 6.50. The van der Waals surface area contributed by atoms with Gasteiger partial charge in [0, 0.05) is 31.4 Å². The van der Waals surface area contributed by atoms with Gasteiger partial charge in [0.2, 0.25) is 11.8 Å². The van der Waals surface area contributed by atoms with Crippen molar-refractivity contribution in [2.45, 2.75) is 39.9 Å². The van der Waals surface area contributed by atoms with Gasteiger partial charge in [-0.2, -0.15) is 0 Å². The number of nitrogens with one attached hydrogen (secondary N) is 1. The number of halogens is 1. The fraction of sp³-hybridized carbons (Fsp3) is 0.350. The minimum Gasteiger partial charge on any atom is -0.350 e. The van der Waals surface area contributed by atoms with Crippen molar-refractivity contribution >= 4 is 11.8 Å². The smallest absolute Gasteiger partial charge is 0.242 e. The molecule has 0 saturated carbocycles. The summed E-state index contributed by atoms with van der Waals surface area (Å²) in [7, 11) is 0. The summed E-state index contributed by atoms with van der Waals surface area (Å²) in [4.78, 5) is 30.7. The Balaban J connectivity index is 2.08. The lowest BCUT2D eigenvalue weighted by molar-refractivity contribution is -0.143. The van der Waals surface area contributed by atoms with Crippen LogP contribution in [-0.4, -0.2) is 27.7 Å². The molecule has 1 aromatic carbocycles. The third-order valence-electron chi connectivity index (χ3n) is 4.08. The van der Waals surface area contributed by atoms with Crippen LogP contribution in [-0.2, 0) is 22.7 Å². The lowest BCUT2D eigenvalue weighted by Gasteiger charge is -2.30. The molecule has 2 amide bonds. The van der Waals surface area contributed by atoms with Gasteiger partial charge < -0.3 is 10.2 Å². The highest BCUT2D eigenvalue weighted by molar-refractivity contribution is 5.88. The largest absolute Gasteiger partial charge is 0.350 e. The fourth-order valence-corrected chi connectivity index (χ4v) is 2.50. The van der Waals surface area contributed by atoms with Gasteiger partial charge in [0.1, 0.15) is 11.9 Å². The number of hydrogen-bond donors (Lipinski definition) is 1. The third-order valence-corrected chi connectivity index (χ3v) is 4.08. The highest BCUT2D eigenvalue weighted by atomic mass is 19.1. The van der Waals surface area contributed by atoms with Crippen LogP contribution < -0.4 is 5.32 Å². The first-order valence-corrected chi connectivity index (χ1v) is 8.60. The van der Waals surface area contributed by atoms with Gasteiger partial charge in [-0.25, -0.2) is 4.39 Å². The van der Waals surface area contributed by atoms with Crippen LogP contribution in [0.4, 0.5) is 4.39 Å². The summed E-state index contributed by atoms with van der Waals surface area (Å²) in [5.41, 5.74) is 1.65. The summed E-state index contributed by atoms with van der Waals surface area (Å²) in [6, 6.07) is 8.96. The molecule has 2 rings (SSSR count). The minimum absolute atomic E-state index is 0.127. The monoisotopic (exact) mass is 357 g/mol. The molecule has 0 unspecified atom stereocenters. The van der Waals surface area contributed by atoms with Crippen molar-refractivity contribution in [3.05, 3.63) is 65.7 Å². The molecule has 0 saturated heterocycles. The van der Waals surface area contributed by atoms with E-state index >= 15 is 0 Å². The molecule has 6 heteroatoms. The molecule has 26 heavy (non-hydrogen) atoms. The number of hydrogen-bond acceptors (Lipinski definition) is 3. The lowest BCUT2D eigenvalue weighted by atomic mass is 10.1. The van der Waals surface area contributed by atoms with Crippen LogP contribution in [0.15, 0.2) is 48.8 Å². The SMILES string of the molecule is CC(C)C(=O)N(Cc1ccc(F)cc1)[C@@H](C)C(=O)NCc1cccnc1. The van der Waals surface area contributed by atoms with Gasteiger partial charge in [0.15, 0.2) is 0 Å². The first-order chi connectivity index (χ1) is 12.4. The van der Waals surface area contributed by atoms with Crippen LogP contribution in [0.2, 0.25) is 0 Å². The third kappa shape index (κ3) is 5.37. The van der Waals surface area contributed by atoms with Gasteiger partial charge in [-0.1, -0.05) is 32.0 Å². The van der Waals surface area contributed by atoms with Crippen LogP contribution in [0, 0.1) is 11.7 Å². The Labute approximate surface area is 153 Å². The van der Waals surface area contributed by atoms with E-state index in [1.807, 2.05) is 6.07 Å². The standard InChI is InChI=1S/C20H24FN3O2/c1-14(2)20(26)24(13-16-6-8-18(21)9-7-16)15(3)19(25)23-12-17-5-4-10-22-11-17/h4-11,14-15H,12-13H2,1-3H3,(H,23,25)/t15-/m0/s1. The highest BCUT2D eigenvalue weighted by Gasteiger charge is 2.27. The Morgan fingerprint density at radius 3 is 2.38 bits per heavy atom. The summed E-state index contributed by atoms with van der Waals surface area (Å²) >= 11 is 0. The van der Waals surface area contributed by atoms with Crippen molar-refractivity contribution in [3.8, 4) is 0 Å². The molecular weight excluding hydrogens is 333 g/mol. The average molecular weight is 357 g/mol. The van der Waals surface area contributed by atoms with Crippen LogP contribution >= 0.6 is 0 Å². The zero-order valence-electron chi connectivity index (χ0n) is 15.3. The first-order valence-electron chi connectivity index (χ1n) is 8.60. The number of pyridine rings is 1. The van der Waals surface area contributed by atoms with Gasteiger partial charge in [-0.05, 0) is 36.2 Å². The summed E-state index contributed by atoms with van der Waals surface area (Å²) in [6.45, 7) is 5.87. The molecule has 0 aliphatic rings. The van der Waals surface area contributed by atoms with Gasteiger partial charge in [0.05, 0.1) is 0 Å². The van der Waals surface area contributed by atoms with Crippen LogP contribution in [0.5, 0.6) is 0 Å². The van der Waals surface area contributed by atoms with Crippen molar-refractivity contribution in [2.75, 3.05) is 0 Å². The van der Waals surface area contributed by atoms with Crippen molar-refractivity contribution < 1.29 is 14.0 Å². The van der Waals surface area contributed by atoms with Gasteiger partial charge >= 0.3 is 0 Å². The van der Waals surface area contributed by atoms with E-state index in [0.717, 1.165) is 11.1 Å². The maximum absolute atomic E-state index is 13.1. The minimum atomic E-state index is -0.647. The summed E-state index contributed by atoms with van der Waals surface area (Å²) in [6.07, 6.45) is 3.35. The second kappa shape index (κ2) is 9.08. The average Bonchev–Trinajstić information content (AvgIpc) is 2.65. The number of carbonyl (C=O) groups is 2. The molecule has 0 fully saturated rings. The number of carbonyl (C=O) groups excluding carboxylic acids is 2. The van der Waals surface area contributed by atoms with Crippen LogP contribution in [0.3, 0.4) is 0 Å². The van der Waals surface area contributed by atoms with Crippen molar-refractivity contribution in [3.63, 3.8) is 0 Å². The number of amides is 2. The number of rotatable bonds is 7. The number of benzene rings is 1. The van der Waals surface area contributed by atoms with Crippen LogP contribution in [0.25, 0.3) is 0 Å². The molecule has 0 bridgehead atoms. The van der Waals surface area contributed by atoms with Gasteiger partial charge in [-0.15, -0.1) is 0 Å². The van der Waals surface area contributed by atoms with E-state index < -0.39 is 6.04 Å². The van der Waals surface area contributed by atoms with Gasteiger partial charge in [-0.3, -0.25) is 14.6 Å². The normalized spacial score (nSPS) is 11.9. The molecule has 2 aromatic rings. The molecule has 138 valence electrons. The molecule has 1 atom stereocenters. The Hall–Kier alpha value is -2.76. The summed E-state index contributed by atoms with van der Waals surface area (Å²) < 4.78 is 13.1. The summed E-state index contributed by atoms with van der Waals surface area (Å²) in [5, 5.41) is 2.84. The zero-order chi connectivity index (χ0) is 19.1. The molecule has 1 heterocycles. The Morgan fingerprint density at radius 2 is 1.81 bits per heavy atom. The van der Waals surface area contributed by atoms with Crippen molar-refractivity contribution in [1.82, 2.24) is 15.2 Å². The zero-order valence-corrected chi connectivity index (χ0v) is 15.3. The van der Waals surface area contributed by atoms with E-state index in [2.05, 4.69) is 10.3 Å². The van der Waals surface area contributed by atoms with E-state index in [4.69, 9.17) is 0 Å². The Bertz CT molecular complexity index is 732.